The van der Waals surface area contributed by atoms with Crippen molar-refractivity contribution in [3.05, 3.63) is 142 Å². The average molecular weight is 1060 g/mol. The van der Waals surface area contributed by atoms with Crippen LogP contribution in [0.4, 0.5) is 0 Å². The van der Waals surface area contributed by atoms with Crippen molar-refractivity contribution in [1.82, 2.24) is 0 Å². The predicted octanol–water partition coefficient (Wildman–Crippen LogP) is 23.9. The number of unbranched alkanes of at least 4 members (excludes halogenated alkanes) is 28. The molecule has 0 N–H and O–H groups in total. The molecule has 0 bridgehead atoms. The first-order chi connectivity index (χ1) is 37.4. The van der Waals surface area contributed by atoms with Gasteiger partial charge >= 0.3 is 8.25 Å². The van der Waals surface area contributed by atoms with Gasteiger partial charge in [0, 0.05) is 4.57 Å². The van der Waals surface area contributed by atoms with E-state index in [4.69, 9.17) is 9.05 Å². The molecule has 0 saturated carbocycles. The van der Waals surface area contributed by atoms with Crippen LogP contribution in [0.25, 0.3) is 0 Å². The van der Waals surface area contributed by atoms with Crippen LogP contribution >= 0.6 is 8.25 Å². The molecule has 0 unspecified atom stereocenters. The Morgan fingerprint density at radius 1 is 0.276 bits per heavy atom. The summed E-state index contributed by atoms with van der Waals surface area (Å²) >= 11 is 0. The first-order valence-electron chi connectivity index (χ1n) is 32.6. The Balaban J connectivity index is 1.98. The highest BCUT2D eigenvalue weighted by atomic mass is 31.1. The van der Waals surface area contributed by atoms with Gasteiger partial charge in [-0.3, -0.25) is 0 Å². The number of rotatable bonds is 48. The van der Waals surface area contributed by atoms with Crippen molar-refractivity contribution in [3.63, 3.8) is 0 Å². The van der Waals surface area contributed by atoms with Gasteiger partial charge in [0.05, 0.1) is 0 Å². The minimum atomic E-state index is -2.70. The van der Waals surface area contributed by atoms with Gasteiger partial charge in [0.1, 0.15) is 0 Å². The Morgan fingerprint density at radius 3 is 0.711 bits per heavy atom. The van der Waals surface area contributed by atoms with Crippen LogP contribution in [0, 0.1) is 0 Å². The third-order valence-corrected chi connectivity index (χ3v) is 17.7. The summed E-state index contributed by atoms with van der Waals surface area (Å²) in [6.45, 7) is 13.8. The standard InChI is InChI=1S/C72H114O3P/c1-7-13-19-25-29-35-49-63-53-39-43-57-67(63)71(61-47-33-23-17-11-5,68-58-44-40-54-64(68)50-36-30-26-20-14-8-2)74-76(73)75-72(62-48-34-24-18-12-6,69-59-45-41-55-65(69)51-37-31-27-21-15-9-3)70-60-46-42-56-66(70)52-38-32-28-22-16-10-4/h39-46,53-60H,7-38,47-52,61-62H2,1-6H3/q+1. The molecule has 0 atom stereocenters. The van der Waals surface area contributed by atoms with E-state index in [0.29, 0.717) is 0 Å². The summed E-state index contributed by atoms with van der Waals surface area (Å²) in [5.41, 5.74) is 8.19. The van der Waals surface area contributed by atoms with Crippen LogP contribution in [0.5, 0.6) is 0 Å². The first kappa shape index (κ1) is 65.4. The molecule has 424 valence electrons. The van der Waals surface area contributed by atoms with Crippen molar-refractivity contribution in [1.29, 1.82) is 0 Å². The number of aryl methyl sites for hydroxylation is 4. The third kappa shape index (κ3) is 22.9. The lowest BCUT2D eigenvalue weighted by atomic mass is 9.76. The van der Waals surface area contributed by atoms with Gasteiger partial charge in [0.2, 0.25) is 0 Å². The van der Waals surface area contributed by atoms with Gasteiger partial charge in [0.25, 0.3) is 0 Å². The lowest BCUT2D eigenvalue weighted by molar-refractivity contribution is 0.0322. The molecule has 4 aromatic rings. The number of hydrogen-bond acceptors (Lipinski definition) is 3. The van der Waals surface area contributed by atoms with Gasteiger partial charge in [-0.1, -0.05) is 318 Å². The number of benzene rings is 4. The van der Waals surface area contributed by atoms with E-state index in [1.54, 1.807) is 0 Å². The zero-order valence-electron chi connectivity index (χ0n) is 50.2. The summed E-state index contributed by atoms with van der Waals surface area (Å²) in [6.07, 6.45) is 47.0. The molecule has 4 rings (SSSR count). The summed E-state index contributed by atoms with van der Waals surface area (Å²) in [4.78, 5) is 0. The van der Waals surface area contributed by atoms with Crippen LogP contribution in [0.3, 0.4) is 0 Å². The Labute approximate surface area is 470 Å². The summed E-state index contributed by atoms with van der Waals surface area (Å²) < 4.78 is 32.0. The van der Waals surface area contributed by atoms with E-state index in [1.807, 2.05) is 0 Å². The highest BCUT2D eigenvalue weighted by molar-refractivity contribution is 7.33. The van der Waals surface area contributed by atoms with Gasteiger partial charge in [-0.05, 0) is 122 Å². The second kappa shape index (κ2) is 41.0. The Kier molecular flexibility index (Phi) is 35.3. The fourth-order valence-electron chi connectivity index (χ4n) is 12.3. The monoisotopic (exact) mass is 1060 g/mol. The molecule has 0 heterocycles. The van der Waals surface area contributed by atoms with Crippen LogP contribution in [0.1, 0.15) is 317 Å². The minimum Gasteiger partial charge on any atom is -0.103 e. The van der Waals surface area contributed by atoms with Crippen molar-refractivity contribution in [2.24, 2.45) is 0 Å². The van der Waals surface area contributed by atoms with Crippen molar-refractivity contribution in [2.45, 2.75) is 310 Å². The molecular weight excluding hydrogens is 944 g/mol. The third-order valence-electron chi connectivity index (χ3n) is 16.7. The minimum absolute atomic E-state index is 0.759. The molecule has 0 spiro atoms. The molecule has 0 radical (unpaired) electrons. The normalized spacial score (nSPS) is 12.0. The SMILES string of the molecule is CCCCCCCCc1ccccc1C(CCCCCCC)(O[P+](=O)OC(CCCCCCC)(c1ccccc1CCCCCCCC)c1ccccc1CCCCCCCC)c1ccccc1CCCCCCCC. The fraction of sp³-hybridized carbons (Fsp3) is 0.667. The molecule has 76 heavy (non-hydrogen) atoms. The fourth-order valence-corrected chi connectivity index (χ4v) is 13.4. The topological polar surface area (TPSA) is 35.5 Å². The summed E-state index contributed by atoms with van der Waals surface area (Å²) in [7, 11) is -2.70. The van der Waals surface area contributed by atoms with E-state index in [0.717, 1.165) is 89.9 Å². The molecular formula is C72H114O3P+. The molecule has 0 aliphatic rings. The van der Waals surface area contributed by atoms with Crippen molar-refractivity contribution < 1.29 is 13.6 Å². The molecule has 0 amide bonds. The van der Waals surface area contributed by atoms with Gasteiger partial charge in [-0.15, -0.1) is 9.05 Å². The summed E-state index contributed by atoms with van der Waals surface area (Å²) in [5.74, 6) is 0. The maximum absolute atomic E-state index is 16.4. The molecule has 4 aromatic carbocycles. The molecule has 0 aliphatic heterocycles. The van der Waals surface area contributed by atoms with Gasteiger partial charge in [0.15, 0.2) is 11.2 Å². The van der Waals surface area contributed by atoms with Crippen LogP contribution in [-0.4, -0.2) is 0 Å². The van der Waals surface area contributed by atoms with Gasteiger partial charge in [-0.2, -0.15) is 0 Å². The highest BCUT2D eigenvalue weighted by Crippen LogP contribution is 2.54. The summed E-state index contributed by atoms with van der Waals surface area (Å²) in [6, 6.07) is 36.6. The molecule has 0 fully saturated rings. The van der Waals surface area contributed by atoms with E-state index in [-0.39, 0.29) is 0 Å². The molecule has 0 aromatic heterocycles. The van der Waals surface area contributed by atoms with E-state index < -0.39 is 19.5 Å². The van der Waals surface area contributed by atoms with Gasteiger partial charge < -0.3 is 0 Å². The van der Waals surface area contributed by atoms with Crippen LogP contribution < -0.4 is 0 Å². The quantitative estimate of drug-likeness (QED) is 0.0327. The Bertz CT molecular complexity index is 1810. The van der Waals surface area contributed by atoms with E-state index in [2.05, 4.69) is 139 Å². The van der Waals surface area contributed by atoms with Crippen molar-refractivity contribution >= 4 is 8.25 Å². The zero-order valence-corrected chi connectivity index (χ0v) is 51.1. The van der Waals surface area contributed by atoms with Crippen molar-refractivity contribution in [3.8, 4) is 0 Å². The Hall–Kier alpha value is -3.10. The van der Waals surface area contributed by atoms with Crippen LogP contribution in [0.2, 0.25) is 0 Å². The predicted molar refractivity (Wildman–Crippen MR) is 332 cm³/mol. The van der Waals surface area contributed by atoms with E-state index >= 15 is 4.57 Å². The first-order valence-corrected chi connectivity index (χ1v) is 33.7. The van der Waals surface area contributed by atoms with Crippen LogP contribution in [-0.2, 0) is 50.5 Å². The molecule has 4 heteroatoms. The summed E-state index contributed by atoms with van der Waals surface area (Å²) in [5, 5.41) is 0. The lowest BCUT2D eigenvalue weighted by Gasteiger charge is -2.35. The number of hydrogen-bond donors (Lipinski definition) is 0. The molecule has 0 saturated heterocycles. The highest BCUT2D eigenvalue weighted by Gasteiger charge is 2.53. The van der Waals surface area contributed by atoms with Crippen molar-refractivity contribution in [2.75, 3.05) is 0 Å². The van der Waals surface area contributed by atoms with Gasteiger partial charge in [-0.25, -0.2) is 0 Å². The van der Waals surface area contributed by atoms with E-state index in [9.17, 15) is 0 Å². The smallest absolute Gasteiger partial charge is 0.103 e. The largest absolute Gasteiger partial charge is 0.699 e. The Morgan fingerprint density at radius 2 is 0.474 bits per heavy atom. The maximum Gasteiger partial charge on any atom is 0.699 e. The van der Waals surface area contributed by atoms with Crippen LogP contribution in [0.15, 0.2) is 97.1 Å². The second-order valence-corrected chi connectivity index (χ2v) is 23.9. The molecule has 3 nitrogen and oxygen atoms in total. The molecule has 0 aliphatic carbocycles. The lowest BCUT2D eigenvalue weighted by Crippen LogP contribution is -2.35. The average Bonchev–Trinajstić information content (AvgIpc) is 3.45. The maximum atomic E-state index is 16.4. The van der Waals surface area contributed by atoms with E-state index in [1.165, 1.54) is 211 Å². The zero-order chi connectivity index (χ0) is 54.2. The second-order valence-electron chi connectivity index (χ2n) is 23.1.